The third-order valence-electron chi connectivity index (χ3n) is 3.76. The van der Waals surface area contributed by atoms with Gasteiger partial charge in [-0.2, -0.15) is 8.42 Å². The van der Waals surface area contributed by atoms with Gasteiger partial charge >= 0.3 is 10.2 Å². The molecule has 0 amide bonds. The Kier molecular flexibility index (Phi) is 3.37. The second kappa shape index (κ2) is 5.07. The van der Waals surface area contributed by atoms with E-state index in [1.54, 1.807) is 0 Å². The minimum Gasteiger partial charge on any atom is -0.266 e. The van der Waals surface area contributed by atoms with Crippen molar-refractivity contribution in [3.8, 4) is 0 Å². The van der Waals surface area contributed by atoms with Crippen LogP contribution in [0.2, 0.25) is 0 Å². The fraction of sp³-hybridized carbons (Fsp3) is 0.250. The minimum atomic E-state index is -3.58. The van der Waals surface area contributed by atoms with Crippen molar-refractivity contribution in [3.63, 3.8) is 0 Å². The van der Waals surface area contributed by atoms with Gasteiger partial charge in [-0.3, -0.25) is 9.03 Å². The molecule has 0 unspecified atom stereocenters. The van der Waals surface area contributed by atoms with Gasteiger partial charge in [-0.05, 0) is 43.5 Å². The molecule has 0 aromatic heterocycles. The molecule has 0 radical (unpaired) electrons. The summed E-state index contributed by atoms with van der Waals surface area (Å²) in [5.41, 5.74) is 4.51. The summed E-state index contributed by atoms with van der Waals surface area (Å²) in [6, 6.07) is 13.3. The number of rotatable bonds is 3. The number of anilines is 2. The van der Waals surface area contributed by atoms with Crippen molar-refractivity contribution >= 4 is 21.6 Å². The molecule has 0 bridgehead atoms. The second-order valence-electron chi connectivity index (χ2n) is 5.38. The molecule has 2 aromatic carbocycles. The minimum absolute atomic E-state index is 0.486. The summed E-state index contributed by atoms with van der Waals surface area (Å²) in [7, 11) is -3.58. The van der Waals surface area contributed by atoms with Crippen LogP contribution in [0.5, 0.6) is 0 Å². The zero-order valence-corrected chi connectivity index (χ0v) is 12.9. The summed E-state index contributed by atoms with van der Waals surface area (Å²) in [4.78, 5) is 0. The maximum atomic E-state index is 12.6. The Bertz CT molecular complexity index is 785. The first-order valence-electron chi connectivity index (χ1n) is 6.93. The third-order valence-corrected chi connectivity index (χ3v) is 5.19. The van der Waals surface area contributed by atoms with Crippen LogP contribution in [0.3, 0.4) is 0 Å². The van der Waals surface area contributed by atoms with Gasteiger partial charge < -0.3 is 0 Å². The number of fused-ring (bicyclic) bond motifs is 1. The van der Waals surface area contributed by atoms with E-state index in [2.05, 4.69) is 4.72 Å². The monoisotopic (exact) mass is 302 g/mol. The predicted molar refractivity (Wildman–Crippen MR) is 86.0 cm³/mol. The highest BCUT2D eigenvalue weighted by atomic mass is 32.2. The highest BCUT2D eigenvalue weighted by Gasteiger charge is 2.29. The first kappa shape index (κ1) is 13.9. The van der Waals surface area contributed by atoms with E-state index in [1.165, 1.54) is 4.31 Å². The number of para-hydroxylation sites is 1. The molecule has 1 N–H and O–H groups in total. The number of hydrogen-bond donors (Lipinski definition) is 1. The molecule has 0 atom stereocenters. The Morgan fingerprint density at radius 2 is 1.86 bits per heavy atom. The summed E-state index contributed by atoms with van der Waals surface area (Å²) in [6.07, 6.45) is 0.754. The van der Waals surface area contributed by atoms with Crippen LogP contribution in [0.1, 0.15) is 16.7 Å². The smallest absolute Gasteiger partial charge is 0.266 e. The largest absolute Gasteiger partial charge is 0.323 e. The fourth-order valence-electron chi connectivity index (χ4n) is 2.68. The van der Waals surface area contributed by atoms with Crippen molar-refractivity contribution in [2.75, 3.05) is 15.6 Å². The van der Waals surface area contributed by atoms with Crippen molar-refractivity contribution in [2.24, 2.45) is 0 Å². The zero-order valence-electron chi connectivity index (χ0n) is 12.1. The molecule has 3 rings (SSSR count). The maximum Gasteiger partial charge on any atom is 0.323 e. The summed E-state index contributed by atoms with van der Waals surface area (Å²) in [5.74, 6) is 0. The number of nitrogens with one attached hydrogen (secondary N) is 1. The molecule has 1 aliphatic rings. The zero-order chi connectivity index (χ0) is 15.0. The summed E-state index contributed by atoms with van der Waals surface area (Å²) in [6.45, 7) is 4.38. The second-order valence-corrected chi connectivity index (χ2v) is 6.97. The standard InChI is InChI=1S/C16H18N2O2S/c1-12-7-8-15(13(2)11-12)17-21(19,20)18-10-9-14-5-3-4-6-16(14)18/h3-8,11,17H,9-10H2,1-2H3. The quantitative estimate of drug-likeness (QED) is 0.947. The van der Waals surface area contributed by atoms with Crippen molar-refractivity contribution in [1.29, 1.82) is 0 Å². The first-order chi connectivity index (χ1) is 9.97. The Balaban J connectivity index is 1.92. The van der Waals surface area contributed by atoms with Gasteiger partial charge in [0.05, 0.1) is 11.4 Å². The number of benzene rings is 2. The van der Waals surface area contributed by atoms with Crippen molar-refractivity contribution in [3.05, 3.63) is 59.2 Å². The van der Waals surface area contributed by atoms with Crippen LogP contribution in [0.15, 0.2) is 42.5 Å². The van der Waals surface area contributed by atoms with Crippen molar-refractivity contribution < 1.29 is 8.42 Å². The molecule has 110 valence electrons. The average molecular weight is 302 g/mol. The molecule has 0 spiro atoms. The van der Waals surface area contributed by atoms with Gasteiger partial charge in [0.2, 0.25) is 0 Å². The summed E-state index contributed by atoms with van der Waals surface area (Å²) >= 11 is 0. The van der Waals surface area contributed by atoms with Gasteiger partial charge in [-0.1, -0.05) is 35.9 Å². The lowest BCUT2D eigenvalue weighted by Crippen LogP contribution is -2.34. The molecule has 4 nitrogen and oxygen atoms in total. The molecule has 5 heteroatoms. The third kappa shape index (κ3) is 2.61. The Morgan fingerprint density at radius 3 is 2.62 bits per heavy atom. The molecule has 1 aliphatic heterocycles. The molecule has 1 heterocycles. The number of hydrogen-bond acceptors (Lipinski definition) is 2. The van der Waals surface area contributed by atoms with Crippen molar-refractivity contribution in [2.45, 2.75) is 20.3 Å². The molecular weight excluding hydrogens is 284 g/mol. The molecule has 21 heavy (non-hydrogen) atoms. The van der Waals surface area contributed by atoms with Gasteiger partial charge in [0, 0.05) is 6.54 Å². The van der Waals surface area contributed by atoms with Crippen LogP contribution in [-0.2, 0) is 16.6 Å². The van der Waals surface area contributed by atoms with Crippen LogP contribution in [-0.4, -0.2) is 15.0 Å². The molecule has 0 saturated heterocycles. The Hall–Kier alpha value is -2.01. The fourth-order valence-corrected chi connectivity index (χ4v) is 4.07. The van der Waals surface area contributed by atoms with E-state index in [-0.39, 0.29) is 0 Å². The molecule has 0 fully saturated rings. The van der Waals surface area contributed by atoms with Gasteiger partial charge in [-0.25, -0.2) is 0 Å². The summed E-state index contributed by atoms with van der Waals surface area (Å²) < 4.78 is 29.4. The predicted octanol–water partition coefficient (Wildman–Crippen LogP) is 3.02. The van der Waals surface area contributed by atoms with Crippen molar-refractivity contribution in [1.82, 2.24) is 0 Å². The SMILES string of the molecule is Cc1ccc(NS(=O)(=O)N2CCc3ccccc32)c(C)c1. The van der Waals surface area contributed by atoms with E-state index in [9.17, 15) is 8.42 Å². The summed E-state index contributed by atoms with van der Waals surface area (Å²) in [5, 5.41) is 0. The van der Waals surface area contributed by atoms with E-state index >= 15 is 0 Å². The first-order valence-corrected chi connectivity index (χ1v) is 8.37. The number of nitrogens with zero attached hydrogens (tertiary/aromatic N) is 1. The maximum absolute atomic E-state index is 12.6. The Labute approximate surface area is 125 Å². The van der Waals surface area contributed by atoms with Crippen LogP contribution < -0.4 is 9.03 Å². The van der Waals surface area contributed by atoms with Crippen LogP contribution in [0.25, 0.3) is 0 Å². The van der Waals surface area contributed by atoms with E-state index < -0.39 is 10.2 Å². The molecule has 2 aromatic rings. The average Bonchev–Trinajstić information content (AvgIpc) is 2.86. The van der Waals surface area contributed by atoms with Gasteiger partial charge in [-0.15, -0.1) is 0 Å². The molecular formula is C16H18N2O2S. The lowest BCUT2D eigenvalue weighted by atomic mass is 10.1. The van der Waals surface area contributed by atoms with Crippen LogP contribution >= 0.6 is 0 Å². The van der Waals surface area contributed by atoms with Gasteiger partial charge in [0.1, 0.15) is 0 Å². The van der Waals surface area contributed by atoms with Gasteiger partial charge in [0.25, 0.3) is 0 Å². The number of aryl methyl sites for hydroxylation is 2. The lowest BCUT2D eigenvalue weighted by molar-refractivity contribution is 0.597. The molecule has 0 saturated carbocycles. The van der Waals surface area contributed by atoms with E-state index in [1.807, 2.05) is 56.3 Å². The van der Waals surface area contributed by atoms with E-state index in [4.69, 9.17) is 0 Å². The van der Waals surface area contributed by atoms with Gasteiger partial charge in [0.15, 0.2) is 0 Å². The van der Waals surface area contributed by atoms with Crippen LogP contribution in [0, 0.1) is 13.8 Å². The topological polar surface area (TPSA) is 49.4 Å². The van der Waals surface area contributed by atoms with E-state index in [0.717, 1.165) is 28.8 Å². The Morgan fingerprint density at radius 1 is 1.10 bits per heavy atom. The highest BCUT2D eigenvalue weighted by molar-refractivity contribution is 7.94. The lowest BCUT2D eigenvalue weighted by Gasteiger charge is -2.21. The van der Waals surface area contributed by atoms with Crippen LogP contribution in [0.4, 0.5) is 11.4 Å². The van der Waals surface area contributed by atoms with E-state index in [0.29, 0.717) is 12.2 Å². The normalized spacial score (nSPS) is 14.1. The molecule has 0 aliphatic carbocycles. The highest BCUT2D eigenvalue weighted by Crippen LogP contribution is 2.30.